The van der Waals surface area contributed by atoms with Crippen LogP contribution in [0, 0.1) is 11.7 Å². The minimum Gasteiger partial charge on any atom is -0.326 e. The first-order chi connectivity index (χ1) is 12.0. The van der Waals surface area contributed by atoms with Gasteiger partial charge in [-0.25, -0.2) is 4.39 Å². The van der Waals surface area contributed by atoms with Crippen molar-refractivity contribution >= 4 is 34.8 Å². The predicted octanol–water partition coefficient (Wildman–Crippen LogP) is 4.98. The van der Waals surface area contributed by atoms with E-state index in [9.17, 15) is 9.18 Å². The molecule has 1 N–H and O–H groups in total. The zero-order valence-electron chi connectivity index (χ0n) is 13.6. The van der Waals surface area contributed by atoms with Gasteiger partial charge in [0.05, 0.1) is 0 Å². The molecule has 0 atom stereocenters. The molecule has 1 saturated heterocycles. The van der Waals surface area contributed by atoms with Gasteiger partial charge in [0.2, 0.25) is 5.91 Å². The van der Waals surface area contributed by atoms with Gasteiger partial charge in [0.1, 0.15) is 5.82 Å². The molecule has 2 aromatic carbocycles. The molecular weight excluding hydrogens is 362 g/mol. The van der Waals surface area contributed by atoms with Crippen molar-refractivity contribution in [3.05, 3.63) is 63.9 Å². The maximum atomic E-state index is 13.9. The standard InChI is InChI=1S/C19H19Cl2FN2O/c20-15-3-5-17(6-4-15)23-19(25)13-7-9-24(10-8-13)12-14-1-2-16(21)11-18(14)22/h1-6,11,13H,7-10,12H2,(H,23,25). The summed E-state index contributed by atoms with van der Waals surface area (Å²) in [7, 11) is 0. The molecule has 1 heterocycles. The fourth-order valence-corrected chi connectivity index (χ4v) is 3.31. The number of anilines is 1. The molecule has 0 aromatic heterocycles. The minimum absolute atomic E-state index is 0.0259. The Labute approximate surface area is 156 Å². The molecule has 0 spiro atoms. The first-order valence-electron chi connectivity index (χ1n) is 8.24. The largest absolute Gasteiger partial charge is 0.326 e. The number of piperidine rings is 1. The SMILES string of the molecule is O=C(Nc1ccc(Cl)cc1)C1CCN(Cc2ccc(Cl)cc2F)CC1. The molecule has 0 aliphatic carbocycles. The molecule has 1 aliphatic rings. The summed E-state index contributed by atoms with van der Waals surface area (Å²) in [6, 6.07) is 11.8. The number of halogens is 3. The van der Waals surface area contributed by atoms with Crippen LogP contribution in [0.1, 0.15) is 18.4 Å². The third-order valence-electron chi connectivity index (χ3n) is 4.48. The van der Waals surface area contributed by atoms with Crippen LogP contribution >= 0.6 is 23.2 Å². The molecular formula is C19H19Cl2FN2O. The van der Waals surface area contributed by atoms with E-state index in [1.165, 1.54) is 6.07 Å². The van der Waals surface area contributed by atoms with E-state index < -0.39 is 0 Å². The number of carbonyl (C=O) groups excluding carboxylic acids is 1. The Morgan fingerprint density at radius 3 is 2.36 bits per heavy atom. The second-order valence-corrected chi connectivity index (χ2v) is 7.16. The molecule has 0 radical (unpaired) electrons. The van der Waals surface area contributed by atoms with Gasteiger partial charge in [-0.15, -0.1) is 0 Å². The molecule has 1 amide bonds. The monoisotopic (exact) mass is 380 g/mol. The number of nitrogens with zero attached hydrogens (tertiary/aromatic N) is 1. The van der Waals surface area contributed by atoms with Gasteiger partial charge < -0.3 is 5.32 Å². The summed E-state index contributed by atoms with van der Waals surface area (Å²) >= 11 is 11.6. The van der Waals surface area contributed by atoms with Crippen molar-refractivity contribution in [3.63, 3.8) is 0 Å². The van der Waals surface area contributed by atoms with Crippen LogP contribution in [0.5, 0.6) is 0 Å². The first-order valence-corrected chi connectivity index (χ1v) is 8.99. The maximum Gasteiger partial charge on any atom is 0.227 e. The molecule has 6 heteroatoms. The lowest BCUT2D eigenvalue weighted by molar-refractivity contribution is -0.121. The lowest BCUT2D eigenvalue weighted by Crippen LogP contribution is -2.37. The van der Waals surface area contributed by atoms with Crippen LogP contribution in [0.2, 0.25) is 10.0 Å². The van der Waals surface area contributed by atoms with Crippen molar-refractivity contribution in [2.24, 2.45) is 5.92 Å². The van der Waals surface area contributed by atoms with Crippen LogP contribution in [0.3, 0.4) is 0 Å². The molecule has 132 valence electrons. The van der Waals surface area contributed by atoms with Gasteiger partial charge in [-0.2, -0.15) is 0 Å². The number of benzene rings is 2. The zero-order valence-corrected chi connectivity index (χ0v) is 15.2. The molecule has 0 saturated carbocycles. The van der Waals surface area contributed by atoms with Crippen LogP contribution in [0.15, 0.2) is 42.5 Å². The van der Waals surface area contributed by atoms with E-state index in [1.807, 2.05) is 0 Å². The number of hydrogen-bond acceptors (Lipinski definition) is 2. The number of hydrogen-bond donors (Lipinski definition) is 1. The molecule has 3 rings (SSSR count). The topological polar surface area (TPSA) is 32.3 Å². The minimum atomic E-state index is -0.282. The zero-order chi connectivity index (χ0) is 17.8. The van der Waals surface area contributed by atoms with Crippen molar-refractivity contribution in [2.45, 2.75) is 19.4 Å². The number of rotatable bonds is 4. The average Bonchev–Trinajstić information content (AvgIpc) is 2.60. The Kier molecular flexibility index (Phi) is 5.94. The number of carbonyl (C=O) groups is 1. The van der Waals surface area contributed by atoms with Crippen molar-refractivity contribution in [1.29, 1.82) is 0 Å². The lowest BCUT2D eigenvalue weighted by atomic mass is 9.95. The van der Waals surface area contributed by atoms with Crippen LogP contribution < -0.4 is 5.32 Å². The summed E-state index contributed by atoms with van der Waals surface area (Å²) < 4.78 is 13.9. The summed E-state index contributed by atoms with van der Waals surface area (Å²) in [5.41, 5.74) is 1.38. The summed E-state index contributed by atoms with van der Waals surface area (Å²) in [6.45, 7) is 2.07. The highest BCUT2D eigenvalue weighted by molar-refractivity contribution is 6.30. The second kappa shape index (κ2) is 8.17. The van der Waals surface area contributed by atoms with Crippen LogP contribution in [0.4, 0.5) is 10.1 Å². The van der Waals surface area contributed by atoms with Crippen molar-refractivity contribution < 1.29 is 9.18 Å². The van der Waals surface area contributed by atoms with Gasteiger partial charge in [0.15, 0.2) is 0 Å². The smallest absolute Gasteiger partial charge is 0.227 e. The lowest BCUT2D eigenvalue weighted by Gasteiger charge is -2.31. The molecule has 25 heavy (non-hydrogen) atoms. The van der Waals surface area contributed by atoms with E-state index in [2.05, 4.69) is 10.2 Å². The number of nitrogens with one attached hydrogen (secondary N) is 1. The molecule has 1 fully saturated rings. The second-order valence-electron chi connectivity index (χ2n) is 6.28. The highest BCUT2D eigenvalue weighted by atomic mass is 35.5. The Bertz CT molecular complexity index is 744. The molecule has 2 aromatic rings. The Morgan fingerprint density at radius 1 is 1.08 bits per heavy atom. The fraction of sp³-hybridized carbons (Fsp3) is 0.316. The molecule has 1 aliphatic heterocycles. The van der Waals surface area contributed by atoms with Crippen LogP contribution in [0.25, 0.3) is 0 Å². The Hall–Kier alpha value is -1.62. The highest BCUT2D eigenvalue weighted by Crippen LogP contribution is 2.23. The molecule has 0 unspecified atom stereocenters. The van der Waals surface area contributed by atoms with E-state index in [4.69, 9.17) is 23.2 Å². The van der Waals surface area contributed by atoms with Gasteiger partial charge in [-0.05, 0) is 62.3 Å². The van der Waals surface area contributed by atoms with Gasteiger partial charge in [0, 0.05) is 33.8 Å². The van der Waals surface area contributed by atoms with Gasteiger partial charge in [-0.1, -0.05) is 29.3 Å². The Balaban J connectivity index is 1.51. The van der Waals surface area contributed by atoms with E-state index in [0.717, 1.165) is 31.6 Å². The molecule has 3 nitrogen and oxygen atoms in total. The summed E-state index contributed by atoms with van der Waals surface area (Å²) in [5.74, 6) is -0.281. The maximum absolute atomic E-state index is 13.9. The van der Waals surface area contributed by atoms with Crippen LogP contribution in [-0.2, 0) is 11.3 Å². The fourth-order valence-electron chi connectivity index (χ4n) is 3.02. The highest BCUT2D eigenvalue weighted by Gasteiger charge is 2.25. The van der Waals surface area contributed by atoms with E-state index in [0.29, 0.717) is 22.2 Å². The van der Waals surface area contributed by atoms with E-state index in [1.54, 1.807) is 36.4 Å². The van der Waals surface area contributed by atoms with Gasteiger partial charge in [0.25, 0.3) is 0 Å². The van der Waals surface area contributed by atoms with E-state index in [-0.39, 0.29) is 17.6 Å². The average molecular weight is 381 g/mol. The predicted molar refractivity (Wildman–Crippen MR) is 99.5 cm³/mol. The summed E-state index contributed by atoms with van der Waals surface area (Å²) in [4.78, 5) is 14.5. The molecule has 0 bridgehead atoms. The number of amides is 1. The normalized spacial score (nSPS) is 16.0. The summed E-state index contributed by atoms with van der Waals surface area (Å²) in [6.07, 6.45) is 1.52. The van der Waals surface area contributed by atoms with Crippen molar-refractivity contribution in [2.75, 3.05) is 18.4 Å². The Morgan fingerprint density at radius 2 is 1.72 bits per heavy atom. The van der Waals surface area contributed by atoms with Gasteiger partial charge >= 0.3 is 0 Å². The van der Waals surface area contributed by atoms with Crippen molar-refractivity contribution in [3.8, 4) is 0 Å². The van der Waals surface area contributed by atoms with E-state index >= 15 is 0 Å². The third kappa shape index (κ3) is 4.94. The number of likely N-dealkylation sites (tertiary alicyclic amines) is 1. The van der Waals surface area contributed by atoms with Gasteiger partial charge in [-0.3, -0.25) is 9.69 Å². The quantitative estimate of drug-likeness (QED) is 0.810. The van der Waals surface area contributed by atoms with Crippen molar-refractivity contribution in [1.82, 2.24) is 4.90 Å². The third-order valence-corrected chi connectivity index (χ3v) is 4.97. The van der Waals surface area contributed by atoms with Crippen LogP contribution in [-0.4, -0.2) is 23.9 Å². The first kappa shape index (κ1) is 18.2. The summed E-state index contributed by atoms with van der Waals surface area (Å²) in [5, 5.41) is 3.97.